The van der Waals surface area contributed by atoms with E-state index in [1.807, 2.05) is 19.1 Å². The van der Waals surface area contributed by atoms with Gasteiger partial charge in [0.1, 0.15) is 17.8 Å². The number of amidine groups is 1. The number of hydrogen-bond donors (Lipinski definition) is 2. The van der Waals surface area contributed by atoms with Gasteiger partial charge >= 0.3 is 6.02 Å². The number of aliphatic imine (C=N–C) groups is 2. The van der Waals surface area contributed by atoms with Gasteiger partial charge in [-0.15, -0.1) is 0 Å². The Bertz CT molecular complexity index is 1150. The molecule has 11 heteroatoms. The number of carbonyl (C=O) groups excluding carboxylic acids is 1. The van der Waals surface area contributed by atoms with Crippen LogP contribution in [0.3, 0.4) is 0 Å². The number of allylic oxidation sites excluding steroid dienone is 2. The van der Waals surface area contributed by atoms with Crippen molar-refractivity contribution in [1.29, 1.82) is 0 Å². The third-order valence-corrected chi connectivity index (χ3v) is 6.80. The zero-order chi connectivity index (χ0) is 23.8. The maximum absolute atomic E-state index is 12.0. The summed E-state index contributed by atoms with van der Waals surface area (Å²) in [5.41, 5.74) is 3.03. The second kappa shape index (κ2) is 12.0. The normalized spacial score (nSPS) is 14.7. The van der Waals surface area contributed by atoms with Crippen molar-refractivity contribution in [3.63, 3.8) is 0 Å². The fourth-order valence-corrected chi connectivity index (χ4v) is 4.34. The van der Waals surface area contributed by atoms with Crippen LogP contribution in [0.15, 0.2) is 46.0 Å². The molecular weight excluding hydrogens is 557 g/mol. The lowest BCUT2D eigenvalue weighted by atomic mass is 9.96. The molecule has 2 heterocycles. The van der Waals surface area contributed by atoms with Gasteiger partial charge in [-0.05, 0) is 71.5 Å². The molecule has 1 aromatic carbocycles. The Kier molecular flexibility index (Phi) is 9.09. The number of nitrogens with zero attached hydrogens (tertiary/aromatic N) is 3. The van der Waals surface area contributed by atoms with Crippen molar-refractivity contribution in [2.75, 3.05) is 25.4 Å². The van der Waals surface area contributed by atoms with E-state index in [1.165, 1.54) is 0 Å². The van der Waals surface area contributed by atoms with Gasteiger partial charge in [0.25, 0.3) is 0 Å². The summed E-state index contributed by atoms with van der Waals surface area (Å²) in [5, 5.41) is 0. The molecule has 0 spiro atoms. The number of ether oxygens (including phenoxy) is 2. The molecule has 0 aliphatic carbocycles. The van der Waals surface area contributed by atoms with E-state index < -0.39 is 11.2 Å². The van der Waals surface area contributed by atoms with Crippen LogP contribution in [0.25, 0.3) is 5.57 Å². The lowest BCUT2D eigenvalue weighted by Gasteiger charge is -2.15. The molecule has 1 aliphatic heterocycles. The van der Waals surface area contributed by atoms with Crippen molar-refractivity contribution in [2.45, 2.75) is 19.8 Å². The highest BCUT2D eigenvalue weighted by Crippen LogP contribution is 2.33. The van der Waals surface area contributed by atoms with Crippen molar-refractivity contribution in [3.05, 3.63) is 50.7 Å². The highest BCUT2D eigenvalue weighted by Gasteiger charge is 2.16. The van der Waals surface area contributed by atoms with E-state index in [0.717, 1.165) is 33.0 Å². The van der Waals surface area contributed by atoms with E-state index in [-0.39, 0.29) is 0 Å². The number of aldehydes is 1. The van der Waals surface area contributed by atoms with Crippen molar-refractivity contribution in [2.24, 2.45) is 9.98 Å². The van der Waals surface area contributed by atoms with E-state index in [0.29, 0.717) is 41.9 Å². The molecule has 3 rings (SSSR count). The minimum absolute atomic E-state index is 0.313. The minimum atomic E-state index is -1.45. The largest absolute Gasteiger partial charge is 0.496 e. The number of methoxy groups -OCH3 is 1. The lowest BCUT2D eigenvalue weighted by molar-refractivity contribution is -0.104. The molecule has 0 radical (unpaired) electrons. The molecule has 0 saturated carbocycles. The number of benzene rings is 1. The molecule has 0 bridgehead atoms. The van der Waals surface area contributed by atoms with Crippen LogP contribution in [0.2, 0.25) is 0 Å². The Morgan fingerprint density at radius 1 is 1.33 bits per heavy atom. The lowest BCUT2D eigenvalue weighted by Crippen LogP contribution is -2.20. The van der Waals surface area contributed by atoms with E-state index >= 15 is 0 Å². The summed E-state index contributed by atoms with van der Waals surface area (Å²) < 4.78 is 29.3. The average molecular weight is 581 g/mol. The smallest absolute Gasteiger partial charge is 0.316 e. The maximum atomic E-state index is 12.0. The maximum Gasteiger partial charge on any atom is 0.316 e. The molecule has 2 N–H and O–H groups in total. The Hall–Kier alpha value is -2.64. The SMILES string of the molecule is CNS(=O)Nc1nccc(C/C(C=O)=C(\C)c2ccc(OC3=NCCC=N3)cc2OC)c1I. The second-order valence-electron chi connectivity index (χ2n) is 6.88. The van der Waals surface area contributed by atoms with Crippen molar-refractivity contribution >= 4 is 63.7 Å². The number of anilines is 1. The van der Waals surface area contributed by atoms with Gasteiger partial charge in [-0.3, -0.25) is 9.52 Å². The number of carbonyl (C=O) groups is 1. The van der Waals surface area contributed by atoms with Crippen LogP contribution >= 0.6 is 22.6 Å². The summed E-state index contributed by atoms with van der Waals surface area (Å²) in [6.45, 7) is 2.52. The molecule has 0 fully saturated rings. The fourth-order valence-electron chi connectivity index (χ4n) is 3.08. The summed E-state index contributed by atoms with van der Waals surface area (Å²) in [5.74, 6) is 1.60. The monoisotopic (exact) mass is 581 g/mol. The summed E-state index contributed by atoms with van der Waals surface area (Å²) in [6.07, 6.45) is 5.42. The summed E-state index contributed by atoms with van der Waals surface area (Å²) in [7, 11) is 3.15. The number of halogens is 1. The van der Waals surface area contributed by atoms with Crippen molar-refractivity contribution in [1.82, 2.24) is 9.71 Å². The summed E-state index contributed by atoms with van der Waals surface area (Å²) >= 11 is 0.680. The summed E-state index contributed by atoms with van der Waals surface area (Å²) in [6, 6.07) is 7.54. The Labute approximate surface area is 208 Å². The Morgan fingerprint density at radius 2 is 2.15 bits per heavy atom. The molecule has 1 atom stereocenters. The topological polar surface area (TPSA) is 114 Å². The van der Waals surface area contributed by atoms with Crippen LogP contribution < -0.4 is 18.9 Å². The third kappa shape index (κ3) is 6.45. The first-order valence-corrected chi connectivity index (χ1v) is 12.3. The van der Waals surface area contributed by atoms with E-state index in [2.05, 4.69) is 47.0 Å². The highest BCUT2D eigenvalue weighted by atomic mass is 127. The molecule has 1 aromatic heterocycles. The Balaban J connectivity index is 1.89. The first kappa shape index (κ1) is 25.0. The van der Waals surface area contributed by atoms with Gasteiger partial charge in [0, 0.05) is 43.4 Å². The van der Waals surface area contributed by atoms with Crippen LogP contribution in [0, 0.1) is 3.57 Å². The molecule has 9 nitrogen and oxygen atoms in total. The molecule has 0 saturated heterocycles. The predicted octanol–water partition coefficient (Wildman–Crippen LogP) is 3.33. The number of hydrogen-bond acceptors (Lipinski definition) is 7. The first-order chi connectivity index (χ1) is 16.0. The third-order valence-electron chi connectivity index (χ3n) is 4.84. The fraction of sp³-hybridized carbons (Fsp3) is 0.273. The van der Waals surface area contributed by atoms with Crippen LogP contribution in [-0.4, -0.2) is 48.4 Å². The molecule has 0 amide bonds. The van der Waals surface area contributed by atoms with Crippen LogP contribution in [-0.2, 0) is 22.4 Å². The van der Waals surface area contributed by atoms with Gasteiger partial charge in [-0.2, -0.15) is 0 Å². The van der Waals surface area contributed by atoms with Gasteiger partial charge < -0.3 is 9.47 Å². The second-order valence-corrected chi connectivity index (χ2v) is 9.11. The first-order valence-electron chi connectivity index (χ1n) is 10.0. The van der Waals surface area contributed by atoms with Crippen molar-refractivity contribution in [3.8, 4) is 11.5 Å². The van der Waals surface area contributed by atoms with Crippen LogP contribution in [0.4, 0.5) is 5.82 Å². The van der Waals surface area contributed by atoms with Gasteiger partial charge in [-0.25, -0.2) is 23.9 Å². The quantitative estimate of drug-likeness (QED) is 0.268. The van der Waals surface area contributed by atoms with Gasteiger partial charge in [0.05, 0.1) is 10.7 Å². The molecule has 1 aliphatic rings. The van der Waals surface area contributed by atoms with E-state index in [9.17, 15) is 9.00 Å². The van der Waals surface area contributed by atoms with E-state index in [1.54, 1.807) is 38.7 Å². The minimum Gasteiger partial charge on any atom is -0.496 e. The van der Waals surface area contributed by atoms with E-state index in [4.69, 9.17) is 9.47 Å². The van der Waals surface area contributed by atoms with Crippen molar-refractivity contribution < 1.29 is 18.5 Å². The zero-order valence-corrected chi connectivity index (χ0v) is 21.4. The van der Waals surface area contributed by atoms with Crippen LogP contribution in [0.1, 0.15) is 24.5 Å². The number of pyridine rings is 1. The van der Waals surface area contributed by atoms with Crippen LogP contribution in [0.5, 0.6) is 11.5 Å². The zero-order valence-electron chi connectivity index (χ0n) is 18.4. The van der Waals surface area contributed by atoms with Gasteiger partial charge in [-0.1, -0.05) is 0 Å². The molecular formula is C22H24IN5O4S. The molecule has 174 valence electrons. The number of rotatable bonds is 9. The summed E-state index contributed by atoms with van der Waals surface area (Å²) in [4.78, 5) is 24.6. The predicted molar refractivity (Wildman–Crippen MR) is 139 cm³/mol. The Morgan fingerprint density at radius 3 is 2.82 bits per heavy atom. The molecule has 2 aromatic rings. The average Bonchev–Trinajstić information content (AvgIpc) is 2.84. The highest BCUT2D eigenvalue weighted by molar-refractivity contribution is 14.1. The standard InChI is InChI=1S/C22H24IN5O4S/c1-14(16(13-29)11-15-7-10-25-21(20(15)23)28-33(30)24-2)18-6-5-17(12-19(18)31-3)32-22-26-8-4-9-27-22/h5-8,10,12-13,24H,4,9,11H2,1-3H3,(H,25,28)/b16-14-. The van der Waals surface area contributed by atoms with Gasteiger partial charge in [0.15, 0.2) is 17.0 Å². The number of nitrogens with one attached hydrogen (secondary N) is 2. The molecule has 33 heavy (non-hydrogen) atoms. The number of aromatic nitrogens is 1. The molecule has 1 unspecified atom stereocenters. The van der Waals surface area contributed by atoms with Gasteiger partial charge in [0.2, 0.25) is 0 Å².